The lowest BCUT2D eigenvalue weighted by Gasteiger charge is -2.22. The van der Waals surface area contributed by atoms with E-state index in [-0.39, 0.29) is 34.8 Å². The van der Waals surface area contributed by atoms with Gasteiger partial charge in [-0.1, -0.05) is 23.4 Å². The summed E-state index contributed by atoms with van der Waals surface area (Å²) in [6.07, 6.45) is 0.650. The van der Waals surface area contributed by atoms with Crippen LogP contribution in [0.25, 0.3) is 11.3 Å². The second-order valence-electron chi connectivity index (χ2n) is 7.71. The monoisotopic (exact) mass is 440 g/mol. The quantitative estimate of drug-likeness (QED) is 0.579. The summed E-state index contributed by atoms with van der Waals surface area (Å²) in [6, 6.07) is 14.3. The van der Waals surface area contributed by atoms with E-state index in [0.717, 1.165) is 17.7 Å². The molecular formula is C23H24N2O5S. The number of hydrogen-bond donors (Lipinski definition) is 0. The summed E-state index contributed by atoms with van der Waals surface area (Å²) in [5, 5.41) is 3.85. The second kappa shape index (κ2) is 8.19. The Morgan fingerprint density at radius 1 is 1.23 bits per heavy atom. The SMILES string of the molecule is COc1ccc(-c2cc(C)no2)cc1S(=O)(=O)CCC(=O)N1c2ccccc2CC1C. The van der Waals surface area contributed by atoms with Crippen LogP contribution in [0.2, 0.25) is 0 Å². The fourth-order valence-corrected chi connectivity index (χ4v) is 5.40. The minimum Gasteiger partial charge on any atom is -0.495 e. The molecule has 8 heteroatoms. The summed E-state index contributed by atoms with van der Waals surface area (Å²) < 4.78 is 36.8. The Bertz CT molecular complexity index is 1230. The molecule has 1 aliphatic rings. The van der Waals surface area contributed by atoms with Crippen LogP contribution < -0.4 is 9.64 Å². The van der Waals surface area contributed by atoms with Gasteiger partial charge in [-0.2, -0.15) is 0 Å². The summed E-state index contributed by atoms with van der Waals surface area (Å²) in [7, 11) is -2.36. The molecule has 1 unspecified atom stereocenters. The Kier molecular flexibility index (Phi) is 5.58. The van der Waals surface area contributed by atoms with Crippen molar-refractivity contribution < 1.29 is 22.5 Å². The van der Waals surface area contributed by atoms with Crippen LogP contribution in [0.5, 0.6) is 5.75 Å². The van der Waals surface area contributed by atoms with E-state index >= 15 is 0 Å². The molecular weight excluding hydrogens is 416 g/mol. The standard InChI is InChI=1S/C23H24N2O5S/c1-15-12-21(30-24-15)18-8-9-20(29-3)22(14-18)31(27,28)11-10-23(26)25-16(2)13-17-6-4-5-7-19(17)25/h4-9,12,14,16H,10-11,13H2,1-3H3. The van der Waals surface area contributed by atoms with E-state index in [1.165, 1.54) is 13.2 Å². The Morgan fingerprint density at radius 2 is 2.00 bits per heavy atom. The van der Waals surface area contributed by atoms with Crippen molar-refractivity contribution in [3.63, 3.8) is 0 Å². The Labute approximate surface area is 181 Å². The molecule has 2 heterocycles. The number of aromatic nitrogens is 1. The molecule has 4 rings (SSSR count). The van der Waals surface area contributed by atoms with E-state index in [1.54, 1.807) is 30.0 Å². The van der Waals surface area contributed by atoms with Crippen molar-refractivity contribution in [2.75, 3.05) is 17.8 Å². The van der Waals surface area contributed by atoms with Gasteiger partial charge in [-0.15, -0.1) is 0 Å². The van der Waals surface area contributed by atoms with Crippen molar-refractivity contribution in [1.82, 2.24) is 5.16 Å². The number of methoxy groups -OCH3 is 1. The van der Waals surface area contributed by atoms with Crippen molar-refractivity contribution in [2.24, 2.45) is 0 Å². The van der Waals surface area contributed by atoms with Gasteiger partial charge in [-0.3, -0.25) is 4.79 Å². The maximum atomic E-state index is 13.2. The van der Waals surface area contributed by atoms with Crippen LogP contribution >= 0.6 is 0 Å². The van der Waals surface area contributed by atoms with Gasteiger partial charge in [0.15, 0.2) is 15.6 Å². The van der Waals surface area contributed by atoms with E-state index in [4.69, 9.17) is 9.26 Å². The number of carbonyl (C=O) groups is 1. The van der Waals surface area contributed by atoms with Gasteiger partial charge in [-0.05, 0) is 50.1 Å². The van der Waals surface area contributed by atoms with Gasteiger partial charge in [0.2, 0.25) is 5.91 Å². The summed E-state index contributed by atoms with van der Waals surface area (Å²) in [5.74, 6) is 0.177. The number of rotatable bonds is 6. The Balaban J connectivity index is 1.57. The van der Waals surface area contributed by atoms with Crippen LogP contribution in [0.4, 0.5) is 5.69 Å². The molecule has 1 aliphatic heterocycles. The maximum absolute atomic E-state index is 13.2. The predicted molar refractivity (Wildman–Crippen MR) is 117 cm³/mol. The topological polar surface area (TPSA) is 89.7 Å². The molecule has 0 saturated heterocycles. The highest BCUT2D eigenvalue weighted by Gasteiger charge is 2.31. The zero-order chi connectivity index (χ0) is 22.2. The normalized spacial score (nSPS) is 15.7. The smallest absolute Gasteiger partial charge is 0.228 e. The number of carbonyl (C=O) groups excluding carboxylic acids is 1. The van der Waals surface area contributed by atoms with E-state index in [9.17, 15) is 13.2 Å². The maximum Gasteiger partial charge on any atom is 0.228 e. The molecule has 0 bridgehead atoms. The van der Waals surface area contributed by atoms with Gasteiger partial charge >= 0.3 is 0 Å². The summed E-state index contributed by atoms with van der Waals surface area (Å²) >= 11 is 0. The van der Waals surface area contributed by atoms with Crippen molar-refractivity contribution in [2.45, 2.75) is 37.6 Å². The third-order valence-corrected chi connectivity index (χ3v) is 7.20. The van der Waals surface area contributed by atoms with Crippen LogP contribution in [-0.2, 0) is 21.1 Å². The van der Waals surface area contributed by atoms with Crippen molar-refractivity contribution >= 4 is 21.4 Å². The summed E-state index contributed by atoms with van der Waals surface area (Å²) in [5.41, 5.74) is 3.23. The number of aryl methyl sites for hydroxylation is 1. The molecule has 0 fully saturated rings. The van der Waals surface area contributed by atoms with Gasteiger partial charge in [0.05, 0.1) is 18.6 Å². The van der Waals surface area contributed by atoms with Crippen molar-refractivity contribution in [1.29, 1.82) is 0 Å². The van der Waals surface area contributed by atoms with Crippen molar-refractivity contribution in [3.05, 3.63) is 59.8 Å². The molecule has 1 amide bonds. The number of para-hydroxylation sites is 1. The first-order chi connectivity index (χ1) is 14.8. The first kappa shape index (κ1) is 21.1. The molecule has 3 aromatic rings. The average molecular weight is 441 g/mol. The number of sulfone groups is 1. The number of benzene rings is 2. The third-order valence-electron chi connectivity index (χ3n) is 5.47. The van der Waals surface area contributed by atoms with Crippen LogP contribution in [0.1, 0.15) is 24.6 Å². The van der Waals surface area contributed by atoms with Crippen LogP contribution in [-0.4, -0.2) is 38.4 Å². The highest BCUT2D eigenvalue weighted by molar-refractivity contribution is 7.91. The zero-order valence-electron chi connectivity index (χ0n) is 17.7. The fraction of sp³-hybridized carbons (Fsp3) is 0.304. The van der Waals surface area contributed by atoms with E-state index in [1.807, 2.05) is 31.2 Å². The van der Waals surface area contributed by atoms with E-state index in [2.05, 4.69) is 5.16 Å². The predicted octanol–water partition coefficient (Wildman–Crippen LogP) is 3.80. The third kappa shape index (κ3) is 4.07. The molecule has 0 radical (unpaired) electrons. The Hall–Kier alpha value is -3.13. The minimum atomic E-state index is -3.78. The largest absolute Gasteiger partial charge is 0.495 e. The molecule has 2 aromatic carbocycles. The number of amides is 1. The zero-order valence-corrected chi connectivity index (χ0v) is 18.5. The first-order valence-corrected chi connectivity index (χ1v) is 11.7. The van der Waals surface area contributed by atoms with Gasteiger partial charge in [-0.25, -0.2) is 8.42 Å². The molecule has 162 valence electrons. The van der Waals surface area contributed by atoms with Crippen LogP contribution in [0, 0.1) is 6.92 Å². The summed E-state index contributed by atoms with van der Waals surface area (Å²) in [4.78, 5) is 14.7. The molecule has 7 nitrogen and oxygen atoms in total. The molecule has 1 atom stereocenters. The lowest BCUT2D eigenvalue weighted by molar-refractivity contribution is -0.118. The number of anilines is 1. The average Bonchev–Trinajstić information content (AvgIpc) is 3.34. The number of ether oxygens (including phenoxy) is 1. The lowest BCUT2D eigenvalue weighted by Crippen LogP contribution is -2.36. The number of nitrogens with zero attached hydrogens (tertiary/aromatic N) is 2. The van der Waals surface area contributed by atoms with Gasteiger partial charge in [0.1, 0.15) is 10.6 Å². The Morgan fingerprint density at radius 3 is 2.71 bits per heavy atom. The summed E-state index contributed by atoms with van der Waals surface area (Å²) in [6.45, 7) is 3.76. The first-order valence-electron chi connectivity index (χ1n) is 10.0. The lowest BCUT2D eigenvalue weighted by atomic mass is 10.1. The van der Waals surface area contributed by atoms with Gasteiger partial charge < -0.3 is 14.2 Å². The molecule has 1 aromatic heterocycles. The number of hydrogen-bond acceptors (Lipinski definition) is 6. The van der Waals surface area contributed by atoms with Crippen LogP contribution in [0.3, 0.4) is 0 Å². The minimum absolute atomic E-state index is 0.000148. The molecule has 0 aliphatic carbocycles. The molecule has 31 heavy (non-hydrogen) atoms. The molecule has 0 saturated carbocycles. The van der Waals surface area contributed by atoms with Gasteiger partial charge in [0, 0.05) is 29.8 Å². The highest BCUT2D eigenvalue weighted by Crippen LogP contribution is 2.34. The fourth-order valence-electron chi connectivity index (χ4n) is 3.97. The van der Waals surface area contributed by atoms with Crippen molar-refractivity contribution in [3.8, 4) is 17.1 Å². The molecule has 0 N–H and O–H groups in total. The van der Waals surface area contributed by atoms with E-state index < -0.39 is 9.84 Å². The van der Waals surface area contributed by atoms with Gasteiger partial charge in [0.25, 0.3) is 0 Å². The van der Waals surface area contributed by atoms with Crippen LogP contribution in [0.15, 0.2) is 57.9 Å². The molecule has 0 spiro atoms. The second-order valence-corrected chi connectivity index (χ2v) is 9.79. The number of fused-ring (bicyclic) bond motifs is 1. The highest BCUT2D eigenvalue weighted by atomic mass is 32.2. The van der Waals surface area contributed by atoms with E-state index in [0.29, 0.717) is 17.0 Å².